The van der Waals surface area contributed by atoms with Gasteiger partial charge in [0, 0.05) is 47.4 Å². The Labute approximate surface area is 109 Å². The van der Waals surface area contributed by atoms with Gasteiger partial charge in [-0.25, -0.2) is 4.79 Å². The molecule has 2 amide bonds. The number of urea groups is 1. The summed E-state index contributed by atoms with van der Waals surface area (Å²) in [5, 5.41) is 11.5. The molecule has 0 spiro atoms. The van der Waals surface area contributed by atoms with E-state index in [1.54, 1.807) is 18.7 Å². The molecule has 1 heterocycles. The maximum atomic E-state index is 11.9. The minimum absolute atomic E-state index is 0.0251. The van der Waals surface area contributed by atoms with Crippen LogP contribution in [0.25, 0.3) is 0 Å². The fourth-order valence-corrected chi connectivity index (χ4v) is 2.74. The molecule has 0 bridgehead atoms. The van der Waals surface area contributed by atoms with Crippen LogP contribution in [-0.2, 0) is 15.6 Å². The molecule has 0 unspecified atom stereocenters. The zero-order valence-electron chi connectivity index (χ0n) is 10.8. The summed E-state index contributed by atoms with van der Waals surface area (Å²) in [5.41, 5.74) is -0.550. The number of carbonyl (C=O) groups excluding carboxylic acids is 1. The molecule has 7 heteroatoms. The van der Waals surface area contributed by atoms with E-state index in [4.69, 9.17) is 5.11 Å². The number of hydrogen-bond acceptors (Lipinski definition) is 3. The van der Waals surface area contributed by atoms with E-state index >= 15 is 0 Å². The first kappa shape index (κ1) is 14.9. The summed E-state index contributed by atoms with van der Waals surface area (Å²) in [5.74, 6) is 0.164. The van der Waals surface area contributed by atoms with E-state index in [0.717, 1.165) is 0 Å². The fraction of sp³-hybridized carbons (Fsp3) is 0.818. The van der Waals surface area contributed by atoms with Crippen LogP contribution in [0.5, 0.6) is 0 Å². The molecule has 6 nitrogen and oxygen atoms in total. The van der Waals surface area contributed by atoms with Crippen molar-refractivity contribution in [3.05, 3.63) is 0 Å². The molecular formula is C11H20N2O4S. The zero-order valence-corrected chi connectivity index (χ0v) is 11.6. The zero-order chi connectivity index (χ0) is 13.8. The van der Waals surface area contributed by atoms with Crippen LogP contribution < -0.4 is 5.32 Å². The fourth-order valence-electron chi connectivity index (χ4n) is 1.69. The van der Waals surface area contributed by atoms with Crippen LogP contribution in [0.3, 0.4) is 0 Å². The smallest absolute Gasteiger partial charge is 0.317 e. The van der Waals surface area contributed by atoms with E-state index in [1.807, 2.05) is 0 Å². The Morgan fingerprint density at radius 2 is 1.89 bits per heavy atom. The molecular weight excluding hydrogens is 256 g/mol. The van der Waals surface area contributed by atoms with Crippen LogP contribution in [0.1, 0.15) is 26.7 Å². The van der Waals surface area contributed by atoms with Gasteiger partial charge in [0.25, 0.3) is 0 Å². The molecule has 0 saturated carbocycles. The molecule has 0 aromatic heterocycles. The molecule has 104 valence electrons. The van der Waals surface area contributed by atoms with Crippen LogP contribution in [0.4, 0.5) is 4.79 Å². The van der Waals surface area contributed by atoms with Crippen molar-refractivity contribution in [3.63, 3.8) is 0 Å². The van der Waals surface area contributed by atoms with Crippen molar-refractivity contribution in [3.8, 4) is 0 Å². The van der Waals surface area contributed by atoms with Crippen LogP contribution in [0.2, 0.25) is 0 Å². The lowest BCUT2D eigenvalue weighted by Crippen LogP contribution is -2.53. The molecule has 0 radical (unpaired) electrons. The largest absolute Gasteiger partial charge is 0.481 e. The first-order chi connectivity index (χ1) is 8.30. The third-order valence-electron chi connectivity index (χ3n) is 2.87. The van der Waals surface area contributed by atoms with E-state index in [-0.39, 0.29) is 12.5 Å². The van der Waals surface area contributed by atoms with Gasteiger partial charge in [-0.1, -0.05) is 0 Å². The van der Waals surface area contributed by atoms with Crippen LogP contribution >= 0.6 is 0 Å². The van der Waals surface area contributed by atoms with E-state index in [2.05, 4.69) is 5.32 Å². The Kier molecular flexibility index (Phi) is 5.13. The maximum Gasteiger partial charge on any atom is 0.317 e. The first-order valence-electron chi connectivity index (χ1n) is 5.94. The molecule has 1 fully saturated rings. The molecule has 1 saturated heterocycles. The normalized spacial score (nSPS) is 17.6. The average molecular weight is 276 g/mol. The molecule has 0 atom stereocenters. The number of rotatable bonds is 4. The summed E-state index contributed by atoms with van der Waals surface area (Å²) < 4.78 is 11.2. The van der Waals surface area contributed by atoms with Crippen molar-refractivity contribution < 1.29 is 18.9 Å². The van der Waals surface area contributed by atoms with Gasteiger partial charge in [0.2, 0.25) is 0 Å². The predicted octanol–water partition coefficient (Wildman–Crippen LogP) is 0.404. The second kappa shape index (κ2) is 6.17. The molecule has 1 aliphatic heterocycles. The SMILES string of the molecule is CC(C)(CCC(=O)O)NC(=O)N1CCS(=O)CC1. The molecule has 18 heavy (non-hydrogen) atoms. The molecule has 1 rings (SSSR count). The van der Waals surface area contributed by atoms with Gasteiger partial charge in [0.15, 0.2) is 0 Å². The molecule has 0 aliphatic carbocycles. The van der Waals surface area contributed by atoms with Crippen LogP contribution in [-0.4, -0.2) is 56.3 Å². The van der Waals surface area contributed by atoms with Gasteiger partial charge in [-0.3, -0.25) is 9.00 Å². The van der Waals surface area contributed by atoms with Crippen molar-refractivity contribution >= 4 is 22.8 Å². The summed E-state index contributed by atoms with van der Waals surface area (Å²) in [6, 6.07) is -0.206. The number of amides is 2. The monoisotopic (exact) mass is 276 g/mol. The lowest BCUT2D eigenvalue weighted by atomic mass is 9.99. The lowest BCUT2D eigenvalue weighted by Gasteiger charge is -2.32. The first-order valence-corrected chi connectivity index (χ1v) is 7.43. The molecule has 1 aliphatic rings. The van der Waals surface area contributed by atoms with E-state index < -0.39 is 22.3 Å². The van der Waals surface area contributed by atoms with Gasteiger partial charge in [-0.15, -0.1) is 0 Å². The third-order valence-corrected chi connectivity index (χ3v) is 4.15. The molecule has 0 aromatic rings. The quantitative estimate of drug-likeness (QED) is 0.778. The summed E-state index contributed by atoms with van der Waals surface area (Å²) in [6.07, 6.45) is 0.408. The van der Waals surface area contributed by atoms with Gasteiger partial charge in [0.05, 0.1) is 0 Å². The van der Waals surface area contributed by atoms with Crippen LogP contribution in [0.15, 0.2) is 0 Å². The van der Waals surface area contributed by atoms with Gasteiger partial charge in [0.1, 0.15) is 0 Å². The highest BCUT2D eigenvalue weighted by Gasteiger charge is 2.26. The van der Waals surface area contributed by atoms with E-state index in [0.29, 0.717) is 31.0 Å². The van der Waals surface area contributed by atoms with Crippen molar-refractivity contribution in [1.82, 2.24) is 10.2 Å². The number of nitrogens with zero attached hydrogens (tertiary/aromatic N) is 1. The number of nitrogens with one attached hydrogen (secondary N) is 1. The standard InChI is InChI=1S/C11H20N2O4S/c1-11(2,4-3-9(14)15)12-10(16)13-5-7-18(17)8-6-13/h3-8H2,1-2H3,(H,12,16)(H,14,15). The Balaban J connectivity index is 2.42. The number of carbonyl (C=O) groups is 2. The minimum atomic E-state index is -0.870. The van der Waals surface area contributed by atoms with Crippen molar-refractivity contribution in [2.24, 2.45) is 0 Å². The Bertz CT molecular complexity index is 347. The number of carboxylic acid groups (broad SMARTS) is 1. The van der Waals surface area contributed by atoms with Crippen LogP contribution in [0, 0.1) is 0 Å². The minimum Gasteiger partial charge on any atom is -0.481 e. The van der Waals surface area contributed by atoms with E-state index in [9.17, 15) is 13.8 Å². The number of aliphatic carboxylic acids is 1. The lowest BCUT2D eigenvalue weighted by molar-refractivity contribution is -0.137. The Hall–Kier alpha value is -1.11. The summed E-state index contributed by atoms with van der Waals surface area (Å²) in [7, 11) is -0.810. The second-order valence-corrected chi connectivity index (χ2v) is 6.74. The molecule has 2 N–H and O–H groups in total. The van der Waals surface area contributed by atoms with Crippen molar-refractivity contribution in [2.45, 2.75) is 32.2 Å². The highest BCUT2D eigenvalue weighted by molar-refractivity contribution is 7.85. The third kappa shape index (κ3) is 5.03. The molecule has 0 aromatic carbocycles. The van der Waals surface area contributed by atoms with Crippen molar-refractivity contribution in [2.75, 3.05) is 24.6 Å². The summed E-state index contributed by atoms with van der Waals surface area (Å²) >= 11 is 0. The Morgan fingerprint density at radius 3 is 2.39 bits per heavy atom. The number of hydrogen-bond donors (Lipinski definition) is 2. The van der Waals surface area contributed by atoms with Crippen molar-refractivity contribution in [1.29, 1.82) is 0 Å². The maximum absolute atomic E-state index is 11.9. The number of carboxylic acids is 1. The van der Waals surface area contributed by atoms with Gasteiger partial charge in [-0.05, 0) is 20.3 Å². The second-order valence-electron chi connectivity index (χ2n) is 5.04. The summed E-state index contributed by atoms with van der Waals surface area (Å²) in [4.78, 5) is 24.1. The average Bonchev–Trinajstić information content (AvgIpc) is 2.27. The highest BCUT2D eigenvalue weighted by atomic mass is 32.2. The van der Waals surface area contributed by atoms with Gasteiger partial charge < -0.3 is 15.3 Å². The topological polar surface area (TPSA) is 86.7 Å². The van der Waals surface area contributed by atoms with Gasteiger partial charge in [-0.2, -0.15) is 0 Å². The van der Waals surface area contributed by atoms with E-state index in [1.165, 1.54) is 0 Å². The predicted molar refractivity (Wildman–Crippen MR) is 68.9 cm³/mol. The Morgan fingerprint density at radius 1 is 1.33 bits per heavy atom. The summed E-state index contributed by atoms with van der Waals surface area (Å²) in [6.45, 7) is 4.59. The van der Waals surface area contributed by atoms with Gasteiger partial charge >= 0.3 is 12.0 Å². The highest BCUT2D eigenvalue weighted by Crippen LogP contribution is 2.12.